The first-order valence-corrected chi connectivity index (χ1v) is 12.3. The minimum Gasteiger partial charge on any atom is -0.377 e. The van der Waals surface area contributed by atoms with Crippen LogP contribution in [0.1, 0.15) is 45.2 Å². The van der Waals surface area contributed by atoms with Crippen LogP contribution >= 0.6 is 0 Å². The highest BCUT2D eigenvalue weighted by Gasteiger charge is 2.01. The van der Waals surface area contributed by atoms with E-state index in [-0.39, 0.29) is 5.91 Å². The number of nitrogens with one attached hydrogen (secondary N) is 1. The number of carbonyl (C=O) groups excluding carboxylic acids is 1. The molecule has 11 nitrogen and oxygen atoms in total. The van der Waals surface area contributed by atoms with E-state index in [0.29, 0.717) is 85.8 Å². The number of hydrogen-bond donors (Lipinski definition) is 1. The molecule has 0 unspecified atom stereocenters. The molecular weight excluding hydrogens is 444 g/mol. The van der Waals surface area contributed by atoms with E-state index in [1.165, 1.54) is 26.2 Å². The summed E-state index contributed by atoms with van der Waals surface area (Å²) in [6.45, 7) is 11.1. The normalized spacial score (nSPS) is 11.2. The zero-order valence-corrected chi connectivity index (χ0v) is 21.0. The maximum atomic E-state index is 10.7. The van der Waals surface area contributed by atoms with Crippen molar-refractivity contribution in [1.82, 2.24) is 20.3 Å². The Hall–Kier alpha value is -1.63. The van der Waals surface area contributed by atoms with Gasteiger partial charge in [0.25, 0.3) is 0 Å². The molecule has 0 aliphatic rings. The van der Waals surface area contributed by atoms with Gasteiger partial charge in [-0.3, -0.25) is 9.48 Å². The van der Waals surface area contributed by atoms with Gasteiger partial charge in [0.1, 0.15) is 5.69 Å². The fraction of sp³-hybridized carbons (Fsp3) is 0.870. The van der Waals surface area contributed by atoms with Crippen LogP contribution in [0, 0.1) is 0 Å². The van der Waals surface area contributed by atoms with E-state index >= 15 is 0 Å². The Balaban J connectivity index is 1.74. The number of aromatic nitrogens is 3. The minimum absolute atomic E-state index is 0.0554. The number of unbranched alkanes of at least 4 members (excludes halogenated alkanes) is 3. The second kappa shape index (κ2) is 23.1. The van der Waals surface area contributed by atoms with Gasteiger partial charge in [-0.25, -0.2) is 0 Å². The summed E-state index contributed by atoms with van der Waals surface area (Å²) < 4.78 is 34.5. The van der Waals surface area contributed by atoms with Crippen molar-refractivity contribution in [3.63, 3.8) is 0 Å². The molecule has 0 spiro atoms. The van der Waals surface area contributed by atoms with Gasteiger partial charge in [0.15, 0.2) is 0 Å². The van der Waals surface area contributed by atoms with Crippen LogP contribution in [0.5, 0.6) is 0 Å². The monoisotopic (exact) mass is 488 g/mol. The summed E-state index contributed by atoms with van der Waals surface area (Å²) in [4.78, 5) is 10.7. The maximum absolute atomic E-state index is 10.7. The first kappa shape index (κ1) is 30.4. The van der Waals surface area contributed by atoms with Crippen LogP contribution in [0.25, 0.3) is 0 Å². The standard InChI is InChI=1S/C23H44N4O7/c1-3-4-5-6-8-27-20-23(25-26-27)21-34-19-18-33-17-16-32-15-14-31-13-12-30-11-10-29-9-7-24-22(2)28/h20H,3-19,21H2,1-2H3,(H,24,28). The lowest BCUT2D eigenvalue weighted by Gasteiger charge is -2.08. The van der Waals surface area contributed by atoms with Gasteiger partial charge in [-0.2, -0.15) is 0 Å². The largest absolute Gasteiger partial charge is 0.377 e. The molecule has 1 N–H and O–H groups in total. The van der Waals surface area contributed by atoms with E-state index in [1.54, 1.807) is 0 Å². The van der Waals surface area contributed by atoms with Crippen LogP contribution in [0.15, 0.2) is 6.20 Å². The molecule has 1 rings (SSSR count). The number of carbonyl (C=O) groups is 1. The number of hydrogen-bond acceptors (Lipinski definition) is 9. The first-order chi connectivity index (χ1) is 16.7. The zero-order valence-electron chi connectivity index (χ0n) is 21.0. The van der Waals surface area contributed by atoms with Gasteiger partial charge in [-0.05, 0) is 6.42 Å². The van der Waals surface area contributed by atoms with Crippen molar-refractivity contribution in [2.45, 2.75) is 52.7 Å². The molecule has 0 saturated heterocycles. The fourth-order valence-electron chi connectivity index (χ4n) is 2.79. The molecule has 0 aliphatic carbocycles. The molecule has 1 aromatic heterocycles. The average Bonchev–Trinajstić information content (AvgIpc) is 3.28. The number of amides is 1. The molecule has 0 bridgehead atoms. The minimum atomic E-state index is -0.0554. The van der Waals surface area contributed by atoms with Gasteiger partial charge in [-0.15, -0.1) is 5.10 Å². The van der Waals surface area contributed by atoms with Crippen molar-refractivity contribution >= 4 is 5.91 Å². The highest BCUT2D eigenvalue weighted by Crippen LogP contribution is 2.02. The average molecular weight is 489 g/mol. The van der Waals surface area contributed by atoms with E-state index in [9.17, 15) is 4.79 Å². The van der Waals surface area contributed by atoms with Crippen molar-refractivity contribution < 1.29 is 33.2 Å². The SMILES string of the molecule is CCCCCCn1cc(COCCOCCOCCOCCOCCOCCNC(C)=O)nn1. The second-order valence-electron chi connectivity index (χ2n) is 7.63. The molecule has 0 fully saturated rings. The predicted molar refractivity (Wildman–Crippen MR) is 127 cm³/mol. The molecule has 198 valence electrons. The Morgan fingerprint density at radius 1 is 0.794 bits per heavy atom. The van der Waals surface area contributed by atoms with Crippen molar-refractivity contribution in [2.75, 3.05) is 79.2 Å². The summed E-state index contributed by atoms with van der Waals surface area (Å²) in [5.41, 5.74) is 0.844. The zero-order chi connectivity index (χ0) is 24.5. The molecule has 11 heteroatoms. The number of nitrogens with zero attached hydrogens (tertiary/aromatic N) is 3. The summed E-state index contributed by atoms with van der Waals surface area (Å²) in [6.07, 6.45) is 6.80. The maximum Gasteiger partial charge on any atom is 0.216 e. The first-order valence-electron chi connectivity index (χ1n) is 12.3. The van der Waals surface area contributed by atoms with Gasteiger partial charge in [0.2, 0.25) is 5.91 Å². The molecule has 0 atom stereocenters. The molecule has 34 heavy (non-hydrogen) atoms. The van der Waals surface area contributed by atoms with E-state index in [0.717, 1.165) is 18.7 Å². The van der Waals surface area contributed by atoms with E-state index < -0.39 is 0 Å². The van der Waals surface area contributed by atoms with Gasteiger partial charge >= 0.3 is 0 Å². The van der Waals surface area contributed by atoms with Gasteiger partial charge in [0.05, 0.1) is 85.5 Å². The predicted octanol–water partition coefficient (Wildman–Crippen LogP) is 1.59. The van der Waals surface area contributed by atoms with E-state index in [2.05, 4.69) is 22.6 Å². The van der Waals surface area contributed by atoms with Crippen molar-refractivity contribution in [1.29, 1.82) is 0 Å². The van der Waals surface area contributed by atoms with Crippen molar-refractivity contribution in [3.8, 4) is 0 Å². The third kappa shape index (κ3) is 19.8. The quantitative estimate of drug-likeness (QED) is 0.205. The molecule has 1 aromatic rings. The number of ether oxygens (including phenoxy) is 6. The smallest absolute Gasteiger partial charge is 0.216 e. The highest BCUT2D eigenvalue weighted by atomic mass is 16.6. The van der Waals surface area contributed by atoms with Crippen LogP contribution in [0.3, 0.4) is 0 Å². The Labute approximate surface area is 203 Å². The van der Waals surface area contributed by atoms with Crippen LogP contribution < -0.4 is 5.32 Å². The third-order valence-corrected chi connectivity index (χ3v) is 4.56. The third-order valence-electron chi connectivity index (χ3n) is 4.56. The summed E-state index contributed by atoms with van der Waals surface area (Å²) in [7, 11) is 0. The summed E-state index contributed by atoms with van der Waals surface area (Å²) in [6, 6.07) is 0. The Bertz CT molecular complexity index is 589. The Morgan fingerprint density at radius 2 is 1.32 bits per heavy atom. The molecule has 1 amide bonds. The number of rotatable bonds is 25. The highest BCUT2D eigenvalue weighted by molar-refractivity contribution is 5.72. The molecule has 0 radical (unpaired) electrons. The lowest BCUT2D eigenvalue weighted by molar-refractivity contribution is -0.119. The fourth-order valence-corrected chi connectivity index (χ4v) is 2.79. The Kier molecular flexibility index (Phi) is 20.7. The molecule has 0 aromatic carbocycles. The molecule has 1 heterocycles. The number of aryl methyl sites for hydroxylation is 1. The van der Waals surface area contributed by atoms with Crippen LogP contribution in [-0.2, 0) is 46.4 Å². The van der Waals surface area contributed by atoms with E-state index in [4.69, 9.17) is 28.4 Å². The van der Waals surface area contributed by atoms with Gasteiger partial charge in [0, 0.05) is 20.0 Å². The van der Waals surface area contributed by atoms with Crippen LogP contribution in [0.4, 0.5) is 0 Å². The molecule has 0 aliphatic heterocycles. The van der Waals surface area contributed by atoms with Crippen LogP contribution in [-0.4, -0.2) is 100 Å². The lowest BCUT2D eigenvalue weighted by atomic mass is 10.2. The van der Waals surface area contributed by atoms with Crippen molar-refractivity contribution in [3.05, 3.63) is 11.9 Å². The lowest BCUT2D eigenvalue weighted by Crippen LogP contribution is -2.25. The van der Waals surface area contributed by atoms with Gasteiger partial charge < -0.3 is 33.7 Å². The summed E-state index contributed by atoms with van der Waals surface area (Å²) in [5.74, 6) is -0.0554. The van der Waals surface area contributed by atoms with Crippen LogP contribution in [0.2, 0.25) is 0 Å². The van der Waals surface area contributed by atoms with E-state index in [1.807, 2.05) is 10.9 Å². The summed E-state index contributed by atoms with van der Waals surface area (Å²) in [5, 5.41) is 10.9. The Morgan fingerprint density at radius 3 is 1.85 bits per heavy atom. The van der Waals surface area contributed by atoms with Gasteiger partial charge in [-0.1, -0.05) is 31.4 Å². The summed E-state index contributed by atoms with van der Waals surface area (Å²) >= 11 is 0. The topological polar surface area (TPSA) is 115 Å². The second-order valence-corrected chi connectivity index (χ2v) is 7.63. The van der Waals surface area contributed by atoms with Crippen molar-refractivity contribution in [2.24, 2.45) is 0 Å². The molecular formula is C23H44N4O7. The molecule has 0 saturated carbocycles.